The first-order valence-corrected chi connectivity index (χ1v) is 11.2. The molecule has 0 saturated carbocycles. The highest BCUT2D eigenvalue weighted by atomic mass is 32.2. The highest BCUT2D eigenvalue weighted by molar-refractivity contribution is 7.89. The number of hydrogen-bond donors (Lipinski definition) is 0. The van der Waals surface area contributed by atoms with Crippen molar-refractivity contribution in [2.45, 2.75) is 30.8 Å². The number of hydrogen-bond acceptors (Lipinski definition) is 7. The summed E-state index contributed by atoms with van der Waals surface area (Å²) in [6.45, 7) is 0.420. The lowest BCUT2D eigenvalue weighted by molar-refractivity contribution is 0.0459. The number of benzene rings is 2. The molecule has 4 rings (SSSR count). The Labute approximate surface area is 178 Å². The third-order valence-electron chi connectivity index (χ3n) is 4.97. The number of para-hydroxylation sites is 1. The highest BCUT2D eigenvalue weighted by Crippen LogP contribution is 2.24. The second-order valence-electron chi connectivity index (χ2n) is 7.03. The van der Waals surface area contributed by atoms with E-state index in [9.17, 15) is 17.6 Å². The van der Waals surface area contributed by atoms with Crippen LogP contribution in [0.5, 0.6) is 0 Å². The summed E-state index contributed by atoms with van der Waals surface area (Å²) in [5, 5.41) is 11.3. The van der Waals surface area contributed by atoms with Crippen molar-refractivity contribution in [1.82, 2.24) is 24.5 Å². The van der Waals surface area contributed by atoms with Crippen molar-refractivity contribution in [1.29, 1.82) is 0 Å². The first kappa shape index (κ1) is 21.1. The first-order chi connectivity index (χ1) is 15.0. The molecule has 0 spiro atoms. The molecule has 0 radical (unpaired) electrons. The molecule has 2 heterocycles. The summed E-state index contributed by atoms with van der Waals surface area (Å²) in [4.78, 5) is 12.0. The Hall–Kier alpha value is -3.18. The molecule has 162 valence electrons. The van der Waals surface area contributed by atoms with Crippen LogP contribution < -0.4 is 0 Å². The van der Waals surface area contributed by atoms with E-state index < -0.39 is 26.7 Å². The van der Waals surface area contributed by atoms with Gasteiger partial charge in [-0.1, -0.05) is 24.6 Å². The zero-order chi connectivity index (χ0) is 21.8. The minimum atomic E-state index is -4.04. The molecule has 11 heteroatoms. The van der Waals surface area contributed by atoms with Crippen molar-refractivity contribution in [2.24, 2.45) is 0 Å². The average Bonchev–Trinajstić information content (AvgIpc) is 3.27. The maximum absolute atomic E-state index is 14.3. The topological polar surface area (TPSA) is 107 Å². The molecule has 1 aliphatic rings. The molecule has 3 aromatic rings. The molecule has 0 amide bonds. The fourth-order valence-corrected chi connectivity index (χ4v) is 4.96. The quantitative estimate of drug-likeness (QED) is 0.536. The van der Waals surface area contributed by atoms with Gasteiger partial charge in [-0.15, -0.1) is 5.10 Å². The molecular weight excluding hydrogens is 425 g/mol. The Morgan fingerprint density at radius 3 is 2.55 bits per heavy atom. The van der Waals surface area contributed by atoms with E-state index >= 15 is 0 Å². The molecule has 1 fully saturated rings. The maximum Gasteiger partial charge on any atom is 0.338 e. The number of carbonyl (C=O) groups excluding carboxylic acids is 1. The summed E-state index contributed by atoms with van der Waals surface area (Å²) in [5.74, 6) is -1.43. The number of tetrazole rings is 1. The van der Waals surface area contributed by atoms with Gasteiger partial charge in [-0.2, -0.15) is 8.99 Å². The number of ether oxygens (including phenoxy) is 1. The van der Waals surface area contributed by atoms with Crippen molar-refractivity contribution >= 4 is 16.0 Å². The van der Waals surface area contributed by atoms with Gasteiger partial charge in [-0.3, -0.25) is 0 Å². The van der Waals surface area contributed by atoms with Crippen LogP contribution in [0.25, 0.3) is 5.69 Å². The number of halogens is 1. The predicted molar refractivity (Wildman–Crippen MR) is 107 cm³/mol. The SMILES string of the molecule is O=C(OCc1nnnn1-c1ccccc1)c1ccc(F)c(S(=O)(=O)N2CCCCC2)c1. The minimum absolute atomic E-state index is 0.0734. The molecule has 1 aromatic heterocycles. The minimum Gasteiger partial charge on any atom is -0.454 e. The van der Waals surface area contributed by atoms with E-state index in [-0.39, 0.29) is 18.0 Å². The van der Waals surface area contributed by atoms with Crippen LogP contribution in [-0.4, -0.2) is 52.0 Å². The molecule has 2 aromatic carbocycles. The van der Waals surface area contributed by atoms with E-state index in [0.717, 1.165) is 31.4 Å². The van der Waals surface area contributed by atoms with Crippen molar-refractivity contribution in [3.05, 3.63) is 65.7 Å². The van der Waals surface area contributed by atoms with Crippen LogP contribution in [0.3, 0.4) is 0 Å². The van der Waals surface area contributed by atoms with E-state index in [1.165, 1.54) is 15.1 Å². The third-order valence-corrected chi connectivity index (χ3v) is 6.88. The number of carbonyl (C=O) groups is 1. The normalized spacial score (nSPS) is 15.0. The Bertz CT molecular complexity index is 1180. The monoisotopic (exact) mass is 445 g/mol. The van der Waals surface area contributed by atoms with E-state index in [4.69, 9.17) is 4.74 Å². The number of sulfonamides is 1. The fraction of sp³-hybridized carbons (Fsp3) is 0.300. The Morgan fingerprint density at radius 1 is 1.06 bits per heavy atom. The molecule has 0 bridgehead atoms. The first-order valence-electron chi connectivity index (χ1n) is 9.76. The zero-order valence-electron chi connectivity index (χ0n) is 16.5. The summed E-state index contributed by atoms with van der Waals surface area (Å²) >= 11 is 0. The van der Waals surface area contributed by atoms with Gasteiger partial charge in [0.2, 0.25) is 10.0 Å². The molecule has 1 saturated heterocycles. The Morgan fingerprint density at radius 2 is 1.81 bits per heavy atom. The molecule has 0 aliphatic carbocycles. The lowest BCUT2D eigenvalue weighted by atomic mass is 10.2. The van der Waals surface area contributed by atoms with E-state index in [1.807, 2.05) is 18.2 Å². The second-order valence-corrected chi connectivity index (χ2v) is 8.93. The number of esters is 1. The Balaban J connectivity index is 1.52. The van der Waals surface area contributed by atoms with Gasteiger partial charge in [-0.05, 0) is 53.6 Å². The standard InChI is InChI=1S/C20H20FN5O4S/c21-17-10-9-15(13-18(17)31(28,29)25-11-5-2-6-12-25)20(27)30-14-19-22-23-24-26(19)16-7-3-1-4-8-16/h1,3-4,7-10,13H,2,5-6,11-12,14H2. The molecule has 31 heavy (non-hydrogen) atoms. The van der Waals surface area contributed by atoms with E-state index in [1.54, 1.807) is 12.1 Å². The molecule has 1 aliphatic heterocycles. The molecule has 0 N–H and O–H groups in total. The van der Waals surface area contributed by atoms with Crippen LogP contribution >= 0.6 is 0 Å². The van der Waals surface area contributed by atoms with Gasteiger partial charge in [0.1, 0.15) is 10.7 Å². The average molecular weight is 445 g/mol. The van der Waals surface area contributed by atoms with Gasteiger partial charge in [0.05, 0.1) is 11.3 Å². The van der Waals surface area contributed by atoms with Crippen molar-refractivity contribution in [2.75, 3.05) is 13.1 Å². The highest BCUT2D eigenvalue weighted by Gasteiger charge is 2.29. The van der Waals surface area contributed by atoms with Crippen LogP contribution in [0.1, 0.15) is 35.4 Å². The van der Waals surface area contributed by atoms with Crippen LogP contribution in [-0.2, 0) is 21.4 Å². The second kappa shape index (κ2) is 8.90. The van der Waals surface area contributed by atoms with Crippen molar-refractivity contribution < 1.29 is 22.3 Å². The Kier molecular flexibility index (Phi) is 6.05. The van der Waals surface area contributed by atoms with Gasteiger partial charge in [0, 0.05) is 13.1 Å². The lowest BCUT2D eigenvalue weighted by Gasteiger charge is -2.26. The van der Waals surface area contributed by atoms with Crippen molar-refractivity contribution in [3.8, 4) is 5.69 Å². The van der Waals surface area contributed by atoms with E-state index in [0.29, 0.717) is 18.8 Å². The number of rotatable bonds is 6. The molecule has 0 atom stereocenters. The summed E-state index contributed by atoms with van der Waals surface area (Å²) in [5.41, 5.74) is 0.617. The smallest absolute Gasteiger partial charge is 0.338 e. The molecular formula is C20H20FN5O4S. The summed E-state index contributed by atoms with van der Waals surface area (Å²) in [6.07, 6.45) is 2.38. The number of aromatic nitrogens is 4. The van der Waals surface area contributed by atoms with Crippen LogP contribution in [0.2, 0.25) is 0 Å². The van der Waals surface area contributed by atoms with Crippen LogP contribution in [0.4, 0.5) is 4.39 Å². The van der Waals surface area contributed by atoms with Gasteiger partial charge >= 0.3 is 5.97 Å². The summed E-state index contributed by atoms with van der Waals surface area (Å²) in [7, 11) is -4.04. The zero-order valence-corrected chi connectivity index (χ0v) is 17.3. The van der Waals surface area contributed by atoms with Crippen LogP contribution in [0.15, 0.2) is 53.4 Å². The molecule has 0 unspecified atom stereocenters. The fourth-order valence-electron chi connectivity index (χ4n) is 3.35. The van der Waals surface area contributed by atoms with E-state index in [2.05, 4.69) is 15.5 Å². The number of piperidine rings is 1. The van der Waals surface area contributed by atoms with Crippen LogP contribution in [0, 0.1) is 5.82 Å². The lowest BCUT2D eigenvalue weighted by Crippen LogP contribution is -2.36. The van der Waals surface area contributed by atoms with Gasteiger partial charge in [0.15, 0.2) is 12.4 Å². The third kappa shape index (κ3) is 4.47. The van der Waals surface area contributed by atoms with Gasteiger partial charge in [0.25, 0.3) is 0 Å². The van der Waals surface area contributed by atoms with Gasteiger partial charge < -0.3 is 4.74 Å². The number of nitrogens with zero attached hydrogens (tertiary/aromatic N) is 5. The maximum atomic E-state index is 14.3. The summed E-state index contributed by atoms with van der Waals surface area (Å²) in [6, 6.07) is 12.2. The van der Waals surface area contributed by atoms with Gasteiger partial charge in [-0.25, -0.2) is 17.6 Å². The molecule has 9 nitrogen and oxygen atoms in total. The predicted octanol–water partition coefficient (Wildman–Crippen LogP) is 2.33. The van der Waals surface area contributed by atoms with Crippen molar-refractivity contribution in [3.63, 3.8) is 0 Å². The largest absolute Gasteiger partial charge is 0.454 e. The summed E-state index contributed by atoms with van der Waals surface area (Å²) < 4.78 is 47.9.